The highest BCUT2D eigenvalue weighted by Gasteiger charge is 2.31. The van der Waals surface area contributed by atoms with Gasteiger partial charge in [0.15, 0.2) is 0 Å². The standard InChI is InChI=1S/C27H32N6O7/c1-18(30-27(39)40-17-20-11-7-5-8-12-20)24(36)29-19(2)25(37)32(4)33(26(28)38)23(35)16-15-22(34)31(3)21-13-9-6-10-14-21/h5-16,18-19H,17H2,1-4H3,(H2,28,38)(H,29,36)(H,30,39)/t18-,19-/m0/s1. The van der Waals surface area contributed by atoms with Crippen LogP contribution in [-0.4, -0.2) is 71.9 Å². The van der Waals surface area contributed by atoms with Crippen molar-refractivity contribution in [2.24, 2.45) is 5.73 Å². The third kappa shape index (κ3) is 8.97. The Morgan fingerprint density at radius 1 is 0.825 bits per heavy atom. The van der Waals surface area contributed by atoms with Crippen LogP contribution in [0.5, 0.6) is 0 Å². The van der Waals surface area contributed by atoms with E-state index in [1.165, 1.54) is 25.8 Å². The molecule has 0 heterocycles. The van der Waals surface area contributed by atoms with Crippen molar-refractivity contribution in [3.8, 4) is 0 Å². The van der Waals surface area contributed by atoms with Gasteiger partial charge in [-0.3, -0.25) is 19.2 Å². The molecule has 13 heteroatoms. The molecular formula is C27H32N6O7. The Bertz CT molecular complexity index is 1250. The number of anilines is 1. The minimum absolute atomic E-state index is 0.000260. The molecule has 0 aliphatic heterocycles. The fraction of sp³-hybridized carbons (Fsp3) is 0.259. The van der Waals surface area contributed by atoms with E-state index in [0.29, 0.717) is 15.7 Å². The van der Waals surface area contributed by atoms with Crippen molar-refractivity contribution in [3.63, 3.8) is 0 Å². The molecule has 0 aliphatic rings. The molecule has 0 aliphatic carbocycles. The van der Waals surface area contributed by atoms with Crippen molar-refractivity contribution in [1.82, 2.24) is 20.7 Å². The van der Waals surface area contributed by atoms with Crippen LogP contribution in [0.25, 0.3) is 0 Å². The number of hydrazine groups is 1. The highest BCUT2D eigenvalue weighted by Crippen LogP contribution is 2.11. The molecule has 0 unspecified atom stereocenters. The molecule has 7 amide bonds. The monoisotopic (exact) mass is 552 g/mol. The second-order valence-electron chi connectivity index (χ2n) is 8.57. The molecule has 0 radical (unpaired) electrons. The Morgan fingerprint density at radius 2 is 1.38 bits per heavy atom. The Morgan fingerprint density at radius 3 is 1.95 bits per heavy atom. The first-order valence-corrected chi connectivity index (χ1v) is 12.1. The van der Waals surface area contributed by atoms with E-state index in [9.17, 15) is 28.8 Å². The lowest BCUT2D eigenvalue weighted by molar-refractivity contribution is -0.153. The van der Waals surface area contributed by atoms with Crippen LogP contribution in [0.1, 0.15) is 19.4 Å². The van der Waals surface area contributed by atoms with E-state index in [-0.39, 0.29) is 6.61 Å². The topological polar surface area (TPSA) is 171 Å². The molecule has 2 aromatic rings. The molecule has 4 N–H and O–H groups in total. The number of alkyl carbamates (subject to hydrolysis) is 1. The van der Waals surface area contributed by atoms with E-state index in [0.717, 1.165) is 24.8 Å². The van der Waals surface area contributed by atoms with Gasteiger partial charge in [-0.1, -0.05) is 48.5 Å². The Hall–Kier alpha value is -5.20. The van der Waals surface area contributed by atoms with Crippen molar-refractivity contribution in [2.45, 2.75) is 32.5 Å². The van der Waals surface area contributed by atoms with Crippen molar-refractivity contribution < 1.29 is 33.5 Å². The first-order valence-electron chi connectivity index (χ1n) is 12.1. The maximum atomic E-state index is 12.9. The lowest BCUT2D eigenvalue weighted by Crippen LogP contribution is -2.58. The summed E-state index contributed by atoms with van der Waals surface area (Å²) in [6.45, 7) is 2.70. The number of carbonyl (C=O) groups is 6. The maximum absolute atomic E-state index is 12.9. The van der Waals surface area contributed by atoms with E-state index in [1.807, 2.05) is 6.07 Å². The number of amides is 7. The lowest BCUT2D eigenvalue weighted by Gasteiger charge is -2.30. The average Bonchev–Trinajstić information content (AvgIpc) is 2.94. The van der Waals surface area contributed by atoms with E-state index in [4.69, 9.17) is 10.5 Å². The summed E-state index contributed by atoms with van der Waals surface area (Å²) in [5.74, 6) is -3.23. The number of nitrogens with zero attached hydrogens (tertiary/aromatic N) is 3. The van der Waals surface area contributed by atoms with Crippen LogP contribution < -0.4 is 21.3 Å². The highest BCUT2D eigenvalue weighted by molar-refractivity contribution is 6.08. The number of ether oxygens (including phenoxy) is 1. The molecule has 212 valence electrons. The van der Waals surface area contributed by atoms with Crippen LogP contribution in [-0.2, 0) is 30.5 Å². The summed E-state index contributed by atoms with van der Waals surface area (Å²) in [5, 5.41) is 5.68. The first kappa shape index (κ1) is 31.0. The van der Waals surface area contributed by atoms with Crippen molar-refractivity contribution >= 4 is 41.4 Å². The van der Waals surface area contributed by atoms with Crippen LogP contribution in [0.2, 0.25) is 0 Å². The number of nitrogens with one attached hydrogen (secondary N) is 2. The third-order valence-electron chi connectivity index (χ3n) is 5.55. The summed E-state index contributed by atoms with van der Waals surface area (Å²) in [6, 6.07) is 14.0. The number of carbonyl (C=O) groups excluding carboxylic acids is 6. The summed E-state index contributed by atoms with van der Waals surface area (Å²) in [7, 11) is 2.60. The van der Waals surface area contributed by atoms with Gasteiger partial charge in [0, 0.05) is 31.9 Å². The van der Waals surface area contributed by atoms with E-state index >= 15 is 0 Å². The number of nitrogens with two attached hydrogens (primary N) is 1. The van der Waals surface area contributed by atoms with Crippen LogP contribution in [0.15, 0.2) is 72.8 Å². The number of imide groups is 1. The minimum atomic E-state index is -1.29. The predicted octanol–water partition coefficient (Wildman–Crippen LogP) is 1.31. The summed E-state index contributed by atoms with van der Waals surface area (Å²) >= 11 is 0. The fourth-order valence-electron chi connectivity index (χ4n) is 3.29. The van der Waals surface area contributed by atoms with Gasteiger partial charge in [-0.15, -0.1) is 0 Å². The normalized spacial score (nSPS) is 12.0. The van der Waals surface area contributed by atoms with Gasteiger partial charge in [0.25, 0.3) is 17.7 Å². The zero-order chi connectivity index (χ0) is 29.8. The Kier molecular flexibility index (Phi) is 11.4. The Labute approximate surface area is 231 Å². The summed E-state index contributed by atoms with van der Waals surface area (Å²) < 4.78 is 5.07. The van der Waals surface area contributed by atoms with E-state index in [2.05, 4.69) is 10.6 Å². The second kappa shape index (κ2) is 14.7. The average molecular weight is 553 g/mol. The zero-order valence-electron chi connectivity index (χ0n) is 22.6. The number of urea groups is 1. The summed E-state index contributed by atoms with van der Waals surface area (Å²) in [4.78, 5) is 75.7. The molecule has 0 fully saturated rings. The quantitative estimate of drug-likeness (QED) is 0.311. The molecule has 2 atom stereocenters. The second-order valence-corrected chi connectivity index (χ2v) is 8.57. The van der Waals surface area contributed by atoms with Gasteiger partial charge in [-0.25, -0.2) is 14.6 Å². The predicted molar refractivity (Wildman–Crippen MR) is 145 cm³/mol. The van der Waals surface area contributed by atoms with Crippen LogP contribution in [0.3, 0.4) is 0 Å². The van der Waals surface area contributed by atoms with Gasteiger partial charge in [0.2, 0.25) is 5.91 Å². The molecule has 0 spiro atoms. The molecule has 2 rings (SSSR count). The first-order chi connectivity index (χ1) is 18.9. The maximum Gasteiger partial charge on any atom is 0.408 e. The van der Waals surface area contributed by atoms with E-state index < -0.39 is 47.8 Å². The highest BCUT2D eigenvalue weighted by atomic mass is 16.5. The Balaban J connectivity index is 1.94. The molecule has 0 bridgehead atoms. The van der Waals surface area contributed by atoms with Gasteiger partial charge in [-0.05, 0) is 31.5 Å². The molecule has 0 saturated carbocycles. The SMILES string of the molecule is C[C@H](NC(=O)OCc1ccccc1)C(=O)N[C@@H](C)C(=O)N(C)N(C(N)=O)C(=O)C=CC(=O)N(C)c1ccccc1. The molecule has 40 heavy (non-hydrogen) atoms. The van der Waals surface area contributed by atoms with Crippen molar-refractivity contribution in [1.29, 1.82) is 0 Å². The fourth-order valence-corrected chi connectivity index (χ4v) is 3.29. The van der Waals surface area contributed by atoms with Crippen LogP contribution in [0.4, 0.5) is 15.3 Å². The van der Waals surface area contributed by atoms with Gasteiger partial charge >= 0.3 is 12.1 Å². The molecule has 2 aromatic carbocycles. The van der Waals surface area contributed by atoms with E-state index in [1.54, 1.807) is 54.6 Å². The van der Waals surface area contributed by atoms with Gasteiger partial charge in [-0.2, -0.15) is 5.01 Å². The molecule has 0 aromatic heterocycles. The number of benzene rings is 2. The smallest absolute Gasteiger partial charge is 0.408 e. The number of para-hydroxylation sites is 1. The van der Waals surface area contributed by atoms with Crippen molar-refractivity contribution in [3.05, 3.63) is 78.4 Å². The van der Waals surface area contributed by atoms with Gasteiger partial charge < -0.3 is 26.0 Å². The lowest BCUT2D eigenvalue weighted by atomic mass is 10.2. The zero-order valence-corrected chi connectivity index (χ0v) is 22.6. The van der Waals surface area contributed by atoms with Gasteiger partial charge in [0.1, 0.15) is 18.7 Å². The van der Waals surface area contributed by atoms with Crippen LogP contribution in [0, 0.1) is 0 Å². The summed E-state index contributed by atoms with van der Waals surface area (Å²) in [6.07, 6.45) is 0.887. The third-order valence-corrected chi connectivity index (χ3v) is 5.55. The number of hydrogen-bond acceptors (Lipinski definition) is 7. The largest absolute Gasteiger partial charge is 0.445 e. The molecular weight excluding hydrogens is 520 g/mol. The number of likely N-dealkylation sites (N-methyl/N-ethyl adjacent to an activating group) is 2. The number of rotatable bonds is 9. The number of hydrogen-bond donors (Lipinski definition) is 3. The molecule has 0 saturated heterocycles. The minimum Gasteiger partial charge on any atom is -0.445 e. The summed E-state index contributed by atoms with van der Waals surface area (Å²) in [5.41, 5.74) is 6.63. The van der Waals surface area contributed by atoms with Crippen LogP contribution >= 0.6 is 0 Å². The van der Waals surface area contributed by atoms with Gasteiger partial charge in [0.05, 0.1) is 0 Å². The number of primary amides is 1. The van der Waals surface area contributed by atoms with Crippen molar-refractivity contribution in [2.75, 3.05) is 19.0 Å². The molecule has 13 nitrogen and oxygen atoms in total.